The van der Waals surface area contributed by atoms with Crippen LogP contribution in [0, 0.1) is 12.3 Å². The lowest BCUT2D eigenvalue weighted by atomic mass is 10.1. The van der Waals surface area contributed by atoms with Gasteiger partial charge in [-0.1, -0.05) is 29.1 Å². The number of benzene rings is 1. The van der Waals surface area contributed by atoms with Crippen molar-refractivity contribution in [1.29, 1.82) is 0 Å². The molecule has 24 heavy (non-hydrogen) atoms. The molecule has 1 heterocycles. The zero-order chi connectivity index (χ0) is 17.7. The van der Waals surface area contributed by atoms with Gasteiger partial charge in [0.25, 0.3) is 5.91 Å². The number of amides is 2. The fraction of sp³-hybridized carbons (Fsp3) is 0.412. The maximum absolute atomic E-state index is 12.5. The number of hydrogen-bond acceptors (Lipinski definition) is 3. The molecule has 0 bridgehead atoms. The van der Waals surface area contributed by atoms with E-state index < -0.39 is 0 Å². The smallest absolute Gasteiger partial charge is 0.254 e. The van der Waals surface area contributed by atoms with Gasteiger partial charge in [0.05, 0.1) is 12.6 Å². The van der Waals surface area contributed by atoms with Gasteiger partial charge in [-0.2, -0.15) is 0 Å². The highest BCUT2D eigenvalue weighted by Crippen LogP contribution is 2.21. The number of nitrogens with one attached hydrogen (secondary N) is 1. The summed E-state index contributed by atoms with van der Waals surface area (Å²) in [5.41, 5.74) is 0.473. The molecule has 1 atom stereocenters. The third-order valence-corrected chi connectivity index (χ3v) is 4.44. The first-order chi connectivity index (χ1) is 11.4. The highest BCUT2D eigenvalue weighted by molar-refractivity contribution is 6.35. The highest BCUT2D eigenvalue weighted by Gasteiger charge is 2.27. The number of rotatable bonds is 4. The maximum Gasteiger partial charge on any atom is 0.254 e. The summed E-state index contributed by atoms with van der Waals surface area (Å²) >= 11 is 11.9. The zero-order valence-corrected chi connectivity index (χ0v) is 14.9. The van der Waals surface area contributed by atoms with Crippen molar-refractivity contribution in [1.82, 2.24) is 15.1 Å². The molecule has 1 saturated heterocycles. The van der Waals surface area contributed by atoms with Crippen molar-refractivity contribution in [3.63, 3.8) is 0 Å². The van der Waals surface area contributed by atoms with Gasteiger partial charge in [0.1, 0.15) is 0 Å². The molecular formula is C17H19Cl2N3O2. The topological polar surface area (TPSA) is 52.7 Å². The molecule has 1 N–H and O–H groups in total. The molecule has 1 aromatic carbocycles. The predicted molar refractivity (Wildman–Crippen MR) is 95.2 cm³/mol. The summed E-state index contributed by atoms with van der Waals surface area (Å²) in [5.74, 6) is 2.17. The molecule has 128 valence electrons. The normalized spacial score (nSPS) is 16.3. The lowest BCUT2D eigenvalue weighted by Crippen LogP contribution is -2.55. The summed E-state index contributed by atoms with van der Waals surface area (Å²) in [7, 11) is 0. The molecule has 1 aliphatic rings. The van der Waals surface area contributed by atoms with Gasteiger partial charge in [-0.25, -0.2) is 0 Å². The minimum absolute atomic E-state index is 0.102. The Morgan fingerprint density at radius 2 is 1.79 bits per heavy atom. The van der Waals surface area contributed by atoms with Gasteiger partial charge in [0, 0.05) is 41.8 Å². The van der Waals surface area contributed by atoms with Crippen LogP contribution in [0.5, 0.6) is 0 Å². The lowest BCUT2D eigenvalue weighted by molar-refractivity contribution is -0.126. The Balaban J connectivity index is 1.93. The van der Waals surface area contributed by atoms with E-state index in [2.05, 4.69) is 11.2 Å². The fourth-order valence-corrected chi connectivity index (χ4v) is 3.15. The van der Waals surface area contributed by atoms with E-state index in [1.165, 1.54) is 0 Å². The monoisotopic (exact) mass is 367 g/mol. The first kappa shape index (κ1) is 18.6. The second-order valence-corrected chi connectivity index (χ2v) is 6.46. The number of piperazine rings is 1. The predicted octanol–water partition coefficient (Wildman–Crippen LogP) is 1.89. The van der Waals surface area contributed by atoms with Crippen LogP contribution in [0.15, 0.2) is 18.2 Å². The van der Waals surface area contributed by atoms with Crippen molar-refractivity contribution in [3.8, 4) is 12.3 Å². The Morgan fingerprint density at radius 1 is 1.21 bits per heavy atom. The van der Waals surface area contributed by atoms with Crippen LogP contribution in [0.3, 0.4) is 0 Å². The molecule has 0 radical (unpaired) electrons. The van der Waals surface area contributed by atoms with Crippen LogP contribution in [0.4, 0.5) is 0 Å². The number of nitrogens with zero attached hydrogens (tertiary/aromatic N) is 2. The molecule has 7 heteroatoms. The molecule has 1 fully saturated rings. The Bertz CT molecular complexity index is 644. The van der Waals surface area contributed by atoms with E-state index in [1.54, 1.807) is 23.1 Å². The van der Waals surface area contributed by atoms with Crippen molar-refractivity contribution in [2.24, 2.45) is 0 Å². The van der Waals surface area contributed by atoms with E-state index >= 15 is 0 Å². The van der Waals surface area contributed by atoms with Crippen molar-refractivity contribution in [2.45, 2.75) is 13.0 Å². The number of carbonyl (C=O) groups excluding carboxylic acids is 2. The van der Waals surface area contributed by atoms with Gasteiger partial charge >= 0.3 is 0 Å². The average molecular weight is 368 g/mol. The van der Waals surface area contributed by atoms with Gasteiger partial charge < -0.3 is 10.2 Å². The first-order valence-electron chi connectivity index (χ1n) is 7.63. The van der Waals surface area contributed by atoms with Crippen molar-refractivity contribution in [3.05, 3.63) is 33.8 Å². The van der Waals surface area contributed by atoms with E-state index in [0.717, 1.165) is 0 Å². The molecule has 1 aromatic rings. The average Bonchev–Trinajstić information content (AvgIpc) is 2.57. The van der Waals surface area contributed by atoms with Crippen LogP contribution >= 0.6 is 23.2 Å². The Morgan fingerprint density at radius 3 is 2.33 bits per heavy atom. The molecule has 2 amide bonds. The molecule has 1 aliphatic heterocycles. The quantitative estimate of drug-likeness (QED) is 0.826. The summed E-state index contributed by atoms with van der Waals surface area (Å²) in [5, 5.41) is 3.54. The van der Waals surface area contributed by atoms with Crippen LogP contribution in [0.25, 0.3) is 0 Å². The van der Waals surface area contributed by atoms with Crippen LogP contribution < -0.4 is 5.32 Å². The summed E-state index contributed by atoms with van der Waals surface area (Å²) in [4.78, 5) is 28.3. The minimum atomic E-state index is -0.281. The molecule has 0 aliphatic carbocycles. The van der Waals surface area contributed by atoms with Crippen molar-refractivity contribution in [2.75, 3.05) is 32.7 Å². The second kappa shape index (κ2) is 8.39. The van der Waals surface area contributed by atoms with Crippen LogP contribution in [0.1, 0.15) is 17.3 Å². The van der Waals surface area contributed by atoms with Crippen molar-refractivity contribution < 1.29 is 9.59 Å². The lowest BCUT2D eigenvalue weighted by Gasteiger charge is -2.37. The summed E-state index contributed by atoms with van der Waals surface area (Å²) in [6.07, 6.45) is 5.14. The molecule has 0 saturated carbocycles. The molecular weight excluding hydrogens is 349 g/mol. The summed E-state index contributed by atoms with van der Waals surface area (Å²) < 4.78 is 0. The van der Waals surface area contributed by atoms with Crippen LogP contribution in [-0.2, 0) is 4.79 Å². The molecule has 2 rings (SSSR count). The van der Waals surface area contributed by atoms with Gasteiger partial charge in [-0.3, -0.25) is 14.5 Å². The SMILES string of the molecule is C#CCNC(=O)C(C)N1CCN(C(=O)c2cc(Cl)cc(Cl)c2)CC1. The Kier molecular flexibility index (Phi) is 6.50. The van der Waals surface area contributed by atoms with Crippen LogP contribution in [-0.4, -0.2) is 60.4 Å². The minimum Gasteiger partial charge on any atom is -0.344 e. The van der Waals surface area contributed by atoms with Gasteiger partial charge in [0.15, 0.2) is 0 Å². The molecule has 1 unspecified atom stereocenters. The van der Waals surface area contributed by atoms with E-state index in [0.29, 0.717) is 41.8 Å². The van der Waals surface area contributed by atoms with Gasteiger partial charge in [0.2, 0.25) is 5.91 Å². The number of terminal acetylenes is 1. The Labute approximate surface area is 151 Å². The van der Waals surface area contributed by atoms with E-state index in [4.69, 9.17) is 29.6 Å². The summed E-state index contributed by atoms with van der Waals surface area (Å²) in [6, 6.07) is 4.53. The summed E-state index contributed by atoms with van der Waals surface area (Å²) in [6.45, 7) is 4.36. The largest absolute Gasteiger partial charge is 0.344 e. The Hall–Kier alpha value is -1.74. The standard InChI is InChI=1S/C17H19Cl2N3O2/c1-3-4-20-16(23)12(2)21-5-7-22(8-6-21)17(24)13-9-14(18)11-15(19)10-13/h1,9-12H,4-8H2,2H3,(H,20,23). The van der Waals surface area contributed by atoms with Gasteiger partial charge in [-0.05, 0) is 25.1 Å². The fourth-order valence-electron chi connectivity index (χ4n) is 2.62. The molecule has 0 spiro atoms. The van der Waals surface area contributed by atoms with Crippen molar-refractivity contribution >= 4 is 35.0 Å². The van der Waals surface area contributed by atoms with Gasteiger partial charge in [-0.15, -0.1) is 6.42 Å². The van der Waals surface area contributed by atoms with Crippen LogP contribution in [0.2, 0.25) is 10.0 Å². The number of carbonyl (C=O) groups is 2. The van der Waals surface area contributed by atoms with E-state index in [-0.39, 0.29) is 24.4 Å². The highest BCUT2D eigenvalue weighted by atomic mass is 35.5. The van der Waals surface area contributed by atoms with E-state index in [9.17, 15) is 9.59 Å². The first-order valence-corrected chi connectivity index (χ1v) is 8.38. The second-order valence-electron chi connectivity index (χ2n) is 5.58. The number of hydrogen-bond donors (Lipinski definition) is 1. The third kappa shape index (κ3) is 4.64. The zero-order valence-electron chi connectivity index (χ0n) is 13.4. The molecule has 0 aromatic heterocycles. The number of halogens is 2. The van der Waals surface area contributed by atoms with E-state index in [1.807, 2.05) is 11.8 Å². The molecule has 5 nitrogen and oxygen atoms in total. The third-order valence-electron chi connectivity index (χ3n) is 4.00. The maximum atomic E-state index is 12.5.